The van der Waals surface area contributed by atoms with Crippen LogP contribution < -0.4 is 0 Å². The number of hydrogen-bond acceptors (Lipinski definition) is 1. The van der Waals surface area contributed by atoms with E-state index in [0.717, 1.165) is 10.9 Å². The lowest BCUT2D eigenvalue weighted by molar-refractivity contribution is 0.179. The zero-order valence-electron chi connectivity index (χ0n) is 12.5. The highest BCUT2D eigenvalue weighted by atomic mass is 16.3. The molecule has 1 nitrogen and oxygen atoms in total. The van der Waals surface area contributed by atoms with Gasteiger partial charge in [0.05, 0.1) is 6.10 Å². The van der Waals surface area contributed by atoms with E-state index in [0.29, 0.717) is 6.42 Å². The normalized spacial score (nSPS) is 12.5. The van der Waals surface area contributed by atoms with Gasteiger partial charge in [0.25, 0.3) is 0 Å². The fourth-order valence-electron chi connectivity index (χ4n) is 3.02. The largest absolute Gasteiger partial charge is 0.388 e. The SMILES string of the molecule is Cc1cccc(C)c1CC(O)c1cccc2ccccc12. The van der Waals surface area contributed by atoms with Crippen molar-refractivity contribution in [3.63, 3.8) is 0 Å². The summed E-state index contributed by atoms with van der Waals surface area (Å²) in [6, 6.07) is 20.6. The summed E-state index contributed by atoms with van der Waals surface area (Å²) in [4.78, 5) is 0. The van der Waals surface area contributed by atoms with Crippen LogP contribution in [0.3, 0.4) is 0 Å². The Hall–Kier alpha value is -2.12. The first-order chi connectivity index (χ1) is 10.2. The van der Waals surface area contributed by atoms with Crippen molar-refractivity contribution >= 4 is 10.8 Å². The van der Waals surface area contributed by atoms with Crippen molar-refractivity contribution in [1.29, 1.82) is 0 Å². The van der Waals surface area contributed by atoms with Crippen LogP contribution in [-0.2, 0) is 6.42 Å². The monoisotopic (exact) mass is 276 g/mol. The predicted molar refractivity (Wildman–Crippen MR) is 88.5 cm³/mol. The number of aliphatic hydroxyl groups is 1. The Morgan fingerprint density at radius 3 is 2.19 bits per heavy atom. The number of benzene rings is 3. The topological polar surface area (TPSA) is 20.2 Å². The van der Waals surface area contributed by atoms with Gasteiger partial charge in [0.2, 0.25) is 0 Å². The lowest BCUT2D eigenvalue weighted by Crippen LogP contribution is -2.05. The number of aryl methyl sites for hydroxylation is 2. The van der Waals surface area contributed by atoms with E-state index in [4.69, 9.17) is 0 Å². The molecule has 0 aliphatic rings. The first-order valence-corrected chi connectivity index (χ1v) is 7.37. The molecule has 1 heteroatoms. The maximum atomic E-state index is 10.7. The summed E-state index contributed by atoms with van der Waals surface area (Å²) in [6.07, 6.45) is 0.183. The Kier molecular flexibility index (Phi) is 3.76. The minimum Gasteiger partial charge on any atom is -0.388 e. The molecule has 0 spiro atoms. The molecule has 21 heavy (non-hydrogen) atoms. The van der Waals surface area contributed by atoms with E-state index >= 15 is 0 Å². The Balaban J connectivity index is 2.00. The summed E-state index contributed by atoms with van der Waals surface area (Å²) in [5, 5.41) is 13.0. The summed E-state index contributed by atoms with van der Waals surface area (Å²) in [6.45, 7) is 4.22. The van der Waals surface area contributed by atoms with Crippen molar-refractivity contribution in [3.05, 3.63) is 82.9 Å². The van der Waals surface area contributed by atoms with Crippen LogP contribution in [-0.4, -0.2) is 5.11 Å². The molecule has 1 N–H and O–H groups in total. The molecule has 3 aromatic rings. The van der Waals surface area contributed by atoms with Gasteiger partial charge in [-0.3, -0.25) is 0 Å². The molecule has 0 aliphatic heterocycles. The van der Waals surface area contributed by atoms with Crippen molar-refractivity contribution in [2.24, 2.45) is 0 Å². The fraction of sp³-hybridized carbons (Fsp3) is 0.200. The third-order valence-electron chi connectivity index (χ3n) is 4.22. The molecular formula is C20H20O. The predicted octanol–water partition coefficient (Wildman–Crippen LogP) is 4.73. The number of hydrogen-bond donors (Lipinski definition) is 1. The highest BCUT2D eigenvalue weighted by Gasteiger charge is 2.14. The second-order valence-corrected chi connectivity index (χ2v) is 5.66. The average Bonchev–Trinajstić information content (AvgIpc) is 2.50. The van der Waals surface area contributed by atoms with Gasteiger partial charge in [0, 0.05) is 6.42 Å². The molecular weight excluding hydrogens is 256 g/mol. The summed E-state index contributed by atoms with van der Waals surface area (Å²) < 4.78 is 0. The number of fused-ring (bicyclic) bond motifs is 1. The van der Waals surface area contributed by atoms with E-state index in [9.17, 15) is 5.11 Å². The molecule has 0 fully saturated rings. The first-order valence-electron chi connectivity index (χ1n) is 7.37. The van der Waals surface area contributed by atoms with Crippen LogP contribution >= 0.6 is 0 Å². The molecule has 0 aliphatic carbocycles. The maximum absolute atomic E-state index is 10.7. The van der Waals surface area contributed by atoms with Gasteiger partial charge in [-0.1, -0.05) is 60.7 Å². The summed E-state index contributed by atoms with van der Waals surface area (Å²) in [5.74, 6) is 0. The molecule has 0 saturated heterocycles. The van der Waals surface area contributed by atoms with Gasteiger partial charge in [-0.2, -0.15) is 0 Å². The van der Waals surface area contributed by atoms with E-state index in [1.165, 1.54) is 22.1 Å². The van der Waals surface area contributed by atoms with Crippen molar-refractivity contribution in [2.45, 2.75) is 26.4 Å². The second-order valence-electron chi connectivity index (χ2n) is 5.66. The molecule has 0 aromatic heterocycles. The molecule has 0 radical (unpaired) electrons. The summed E-state index contributed by atoms with van der Waals surface area (Å²) >= 11 is 0. The van der Waals surface area contributed by atoms with Crippen molar-refractivity contribution in [2.75, 3.05) is 0 Å². The lowest BCUT2D eigenvalue weighted by Gasteiger charge is -2.17. The highest BCUT2D eigenvalue weighted by molar-refractivity contribution is 5.86. The molecule has 0 saturated carbocycles. The molecule has 0 bridgehead atoms. The van der Waals surface area contributed by atoms with E-state index in [-0.39, 0.29) is 0 Å². The first kappa shape index (κ1) is 13.8. The molecule has 106 valence electrons. The van der Waals surface area contributed by atoms with Gasteiger partial charge in [0.1, 0.15) is 0 Å². The summed E-state index contributed by atoms with van der Waals surface area (Å²) in [5.41, 5.74) is 4.75. The third-order valence-corrected chi connectivity index (χ3v) is 4.22. The Morgan fingerprint density at radius 2 is 1.43 bits per heavy atom. The smallest absolute Gasteiger partial charge is 0.0836 e. The van der Waals surface area contributed by atoms with Crippen LogP contribution in [0.5, 0.6) is 0 Å². The van der Waals surface area contributed by atoms with Crippen molar-refractivity contribution in [1.82, 2.24) is 0 Å². The van der Waals surface area contributed by atoms with Crippen LogP contribution in [0, 0.1) is 13.8 Å². The Morgan fingerprint density at radius 1 is 0.810 bits per heavy atom. The second kappa shape index (κ2) is 5.71. The summed E-state index contributed by atoms with van der Waals surface area (Å²) in [7, 11) is 0. The van der Waals surface area contributed by atoms with E-state index < -0.39 is 6.10 Å². The maximum Gasteiger partial charge on any atom is 0.0836 e. The van der Waals surface area contributed by atoms with Gasteiger partial charge in [-0.15, -0.1) is 0 Å². The van der Waals surface area contributed by atoms with Gasteiger partial charge >= 0.3 is 0 Å². The zero-order chi connectivity index (χ0) is 14.8. The van der Waals surface area contributed by atoms with E-state index in [2.05, 4.69) is 50.2 Å². The molecule has 1 atom stereocenters. The average molecular weight is 276 g/mol. The van der Waals surface area contributed by atoms with Crippen molar-refractivity contribution in [3.8, 4) is 0 Å². The standard InChI is InChI=1S/C20H20O/c1-14-7-5-8-15(2)19(14)13-20(21)18-12-6-10-16-9-3-4-11-17(16)18/h3-12,20-21H,13H2,1-2H3. The van der Waals surface area contributed by atoms with Crippen molar-refractivity contribution < 1.29 is 5.11 Å². The Labute approximate surface area is 125 Å². The molecule has 3 aromatic carbocycles. The molecule has 3 rings (SSSR count). The van der Waals surface area contributed by atoms with Gasteiger partial charge in [0.15, 0.2) is 0 Å². The Bertz CT molecular complexity index is 748. The van der Waals surface area contributed by atoms with E-state index in [1.807, 2.05) is 24.3 Å². The van der Waals surface area contributed by atoms with Gasteiger partial charge in [-0.25, -0.2) is 0 Å². The fourth-order valence-corrected chi connectivity index (χ4v) is 3.02. The number of rotatable bonds is 3. The quantitative estimate of drug-likeness (QED) is 0.733. The minimum atomic E-state index is -0.476. The van der Waals surface area contributed by atoms with Gasteiger partial charge < -0.3 is 5.11 Å². The number of aliphatic hydroxyl groups excluding tert-OH is 1. The lowest BCUT2D eigenvalue weighted by atomic mass is 9.92. The third kappa shape index (κ3) is 2.70. The molecule has 0 heterocycles. The van der Waals surface area contributed by atoms with Crippen LogP contribution in [0.1, 0.15) is 28.4 Å². The van der Waals surface area contributed by atoms with Crippen LogP contribution in [0.2, 0.25) is 0 Å². The highest BCUT2D eigenvalue weighted by Crippen LogP contribution is 2.28. The van der Waals surface area contributed by atoms with Crippen LogP contribution in [0.25, 0.3) is 10.8 Å². The zero-order valence-corrected chi connectivity index (χ0v) is 12.5. The van der Waals surface area contributed by atoms with Crippen LogP contribution in [0.4, 0.5) is 0 Å². The minimum absolute atomic E-state index is 0.476. The van der Waals surface area contributed by atoms with Gasteiger partial charge in [-0.05, 0) is 46.9 Å². The van der Waals surface area contributed by atoms with E-state index in [1.54, 1.807) is 0 Å². The molecule has 1 unspecified atom stereocenters. The van der Waals surface area contributed by atoms with Crippen LogP contribution in [0.15, 0.2) is 60.7 Å². The molecule has 0 amide bonds.